The number of anilines is 1. The maximum absolute atomic E-state index is 5.99. The van der Waals surface area contributed by atoms with Gasteiger partial charge in [-0.2, -0.15) is 0 Å². The van der Waals surface area contributed by atoms with E-state index in [9.17, 15) is 0 Å². The largest absolute Gasteiger partial charge is 0.381 e. The van der Waals surface area contributed by atoms with Gasteiger partial charge in [0, 0.05) is 29.9 Å². The third kappa shape index (κ3) is 3.06. The van der Waals surface area contributed by atoms with Crippen molar-refractivity contribution in [2.75, 3.05) is 18.5 Å². The van der Waals surface area contributed by atoms with Gasteiger partial charge in [-0.25, -0.2) is 4.98 Å². The fourth-order valence-corrected chi connectivity index (χ4v) is 2.07. The minimum atomic E-state index is 0.437. The van der Waals surface area contributed by atoms with E-state index in [2.05, 4.69) is 26.2 Å². The Bertz CT molecular complexity index is 342. The molecular formula is C10H12BrClN2O. The molecule has 82 valence electrons. The van der Waals surface area contributed by atoms with Crippen LogP contribution in [0.4, 0.5) is 5.69 Å². The van der Waals surface area contributed by atoms with Crippen molar-refractivity contribution in [3.05, 3.63) is 21.9 Å². The van der Waals surface area contributed by atoms with E-state index in [1.807, 2.05) is 6.07 Å². The monoisotopic (exact) mass is 290 g/mol. The molecule has 0 aromatic carbocycles. The number of pyridine rings is 1. The van der Waals surface area contributed by atoms with Gasteiger partial charge in [0.25, 0.3) is 0 Å². The maximum atomic E-state index is 5.99. The van der Waals surface area contributed by atoms with Crippen LogP contribution < -0.4 is 5.32 Å². The van der Waals surface area contributed by atoms with Crippen molar-refractivity contribution >= 4 is 33.2 Å². The SMILES string of the molecule is Clc1ncc(Br)cc1NC1CCOCC1. The lowest BCUT2D eigenvalue weighted by molar-refractivity contribution is 0.0904. The van der Waals surface area contributed by atoms with E-state index in [0.29, 0.717) is 11.2 Å². The maximum Gasteiger partial charge on any atom is 0.152 e. The normalized spacial score (nSPS) is 17.7. The molecular weight excluding hydrogens is 279 g/mol. The van der Waals surface area contributed by atoms with Crippen LogP contribution in [0, 0.1) is 0 Å². The molecule has 1 aliphatic rings. The van der Waals surface area contributed by atoms with Gasteiger partial charge < -0.3 is 10.1 Å². The summed E-state index contributed by atoms with van der Waals surface area (Å²) in [5.74, 6) is 0. The van der Waals surface area contributed by atoms with E-state index >= 15 is 0 Å². The minimum absolute atomic E-state index is 0.437. The quantitative estimate of drug-likeness (QED) is 0.850. The van der Waals surface area contributed by atoms with Gasteiger partial charge in [-0.3, -0.25) is 0 Å². The zero-order valence-electron chi connectivity index (χ0n) is 8.17. The molecule has 1 fully saturated rings. The molecule has 1 aliphatic heterocycles. The van der Waals surface area contributed by atoms with E-state index in [1.54, 1.807) is 6.20 Å². The summed E-state index contributed by atoms with van der Waals surface area (Å²) in [6.45, 7) is 1.63. The highest BCUT2D eigenvalue weighted by Gasteiger charge is 2.14. The number of hydrogen-bond acceptors (Lipinski definition) is 3. The average Bonchev–Trinajstić information content (AvgIpc) is 2.25. The first-order chi connectivity index (χ1) is 7.25. The molecule has 2 rings (SSSR count). The van der Waals surface area contributed by atoms with Gasteiger partial charge in [-0.05, 0) is 34.8 Å². The van der Waals surface area contributed by atoms with Gasteiger partial charge in [-0.1, -0.05) is 11.6 Å². The number of hydrogen-bond donors (Lipinski definition) is 1. The second-order valence-electron chi connectivity index (χ2n) is 3.52. The zero-order valence-corrected chi connectivity index (χ0v) is 10.5. The van der Waals surface area contributed by atoms with Crippen molar-refractivity contribution in [2.24, 2.45) is 0 Å². The van der Waals surface area contributed by atoms with Crippen LogP contribution in [-0.4, -0.2) is 24.2 Å². The van der Waals surface area contributed by atoms with Crippen LogP contribution in [-0.2, 0) is 4.74 Å². The van der Waals surface area contributed by atoms with Gasteiger partial charge in [0.2, 0.25) is 0 Å². The van der Waals surface area contributed by atoms with Crippen LogP contribution in [0.5, 0.6) is 0 Å². The summed E-state index contributed by atoms with van der Waals surface area (Å²) < 4.78 is 6.23. The van der Waals surface area contributed by atoms with Crippen molar-refractivity contribution in [1.29, 1.82) is 0 Å². The highest BCUT2D eigenvalue weighted by molar-refractivity contribution is 9.10. The lowest BCUT2D eigenvalue weighted by atomic mass is 10.1. The van der Waals surface area contributed by atoms with E-state index in [4.69, 9.17) is 16.3 Å². The number of nitrogens with zero attached hydrogens (tertiary/aromatic N) is 1. The molecule has 15 heavy (non-hydrogen) atoms. The summed E-state index contributed by atoms with van der Waals surface area (Å²) in [5, 5.41) is 3.90. The van der Waals surface area contributed by atoms with Crippen LogP contribution in [0.3, 0.4) is 0 Å². The Morgan fingerprint density at radius 3 is 2.93 bits per heavy atom. The number of nitrogens with one attached hydrogen (secondary N) is 1. The number of halogens is 2. The van der Waals surface area contributed by atoms with E-state index in [-0.39, 0.29) is 0 Å². The summed E-state index contributed by atoms with van der Waals surface area (Å²) in [6, 6.07) is 2.39. The molecule has 1 aromatic rings. The fraction of sp³-hybridized carbons (Fsp3) is 0.500. The standard InChI is InChI=1S/C10H12BrClN2O/c11-7-5-9(10(12)13-6-7)14-8-1-3-15-4-2-8/h5-6,8,14H,1-4H2. The lowest BCUT2D eigenvalue weighted by Crippen LogP contribution is -2.28. The molecule has 0 bridgehead atoms. The highest BCUT2D eigenvalue weighted by atomic mass is 79.9. The average molecular weight is 292 g/mol. The topological polar surface area (TPSA) is 34.2 Å². The van der Waals surface area contributed by atoms with Crippen LogP contribution in [0.25, 0.3) is 0 Å². The first-order valence-electron chi connectivity index (χ1n) is 4.91. The van der Waals surface area contributed by atoms with Crippen molar-refractivity contribution in [3.8, 4) is 0 Å². The molecule has 0 spiro atoms. The van der Waals surface area contributed by atoms with Crippen LogP contribution in [0.15, 0.2) is 16.7 Å². The first kappa shape index (κ1) is 11.2. The van der Waals surface area contributed by atoms with Gasteiger partial charge in [0.15, 0.2) is 5.15 Å². The second kappa shape index (κ2) is 5.14. The number of aromatic nitrogens is 1. The molecule has 0 atom stereocenters. The van der Waals surface area contributed by atoms with Crippen LogP contribution in [0.1, 0.15) is 12.8 Å². The zero-order chi connectivity index (χ0) is 10.7. The molecule has 0 radical (unpaired) electrons. The molecule has 2 heterocycles. The number of rotatable bonds is 2. The van der Waals surface area contributed by atoms with Gasteiger partial charge in [0.05, 0.1) is 5.69 Å². The third-order valence-corrected chi connectivity index (χ3v) is 3.12. The molecule has 3 nitrogen and oxygen atoms in total. The second-order valence-corrected chi connectivity index (χ2v) is 4.80. The summed E-state index contributed by atoms with van der Waals surface area (Å²) >= 11 is 9.37. The fourth-order valence-electron chi connectivity index (χ4n) is 1.59. The van der Waals surface area contributed by atoms with Gasteiger partial charge in [0.1, 0.15) is 0 Å². The van der Waals surface area contributed by atoms with Gasteiger partial charge in [-0.15, -0.1) is 0 Å². The molecule has 0 unspecified atom stereocenters. The van der Waals surface area contributed by atoms with E-state index in [1.165, 1.54) is 0 Å². The Hall–Kier alpha value is -0.320. The van der Waals surface area contributed by atoms with Crippen molar-refractivity contribution < 1.29 is 4.74 Å². The Labute approximate surface area is 102 Å². The molecule has 1 N–H and O–H groups in total. The molecule has 0 saturated carbocycles. The number of ether oxygens (including phenoxy) is 1. The van der Waals surface area contributed by atoms with Gasteiger partial charge >= 0.3 is 0 Å². The van der Waals surface area contributed by atoms with Crippen LogP contribution in [0.2, 0.25) is 5.15 Å². The third-order valence-electron chi connectivity index (χ3n) is 2.39. The first-order valence-corrected chi connectivity index (χ1v) is 6.08. The summed E-state index contributed by atoms with van der Waals surface area (Å²) in [7, 11) is 0. The molecule has 0 aliphatic carbocycles. The van der Waals surface area contributed by atoms with Crippen molar-refractivity contribution in [1.82, 2.24) is 4.98 Å². The van der Waals surface area contributed by atoms with E-state index < -0.39 is 0 Å². The van der Waals surface area contributed by atoms with E-state index in [0.717, 1.165) is 36.2 Å². The smallest absolute Gasteiger partial charge is 0.152 e. The molecule has 1 saturated heterocycles. The molecule has 1 aromatic heterocycles. The minimum Gasteiger partial charge on any atom is -0.381 e. The Kier molecular flexibility index (Phi) is 3.83. The molecule has 5 heteroatoms. The Balaban J connectivity index is 2.05. The summed E-state index contributed by atoms with van der Waals surface area (Å²) in [5.41, 5.74) is 0.887. The highest BCUT2D eigenvalue weighted by Crippen LogP contribution is 2.25. The lowest BCUT2D eigenvalue weighted by Gasteiger charge is -2.24. The predicted octanol–water partition coefficient (Wildman–Crippen LogP) is 3.09. The van der Waals surface area contributed by atoms with Crippen LogP contribution >= 0.6 is 27.5 Å². The Morgan fingerprint density at radius 2 is 2.20 bits per heavy atom. The summed E-state index contributed by atoms with van der Waals surface area (Å²) in [4.78, 5) is 4.07. The van der Waals surface area contributed by atoms with Crippen molar-refractivity contribution in [3.63, 3.8) is 0 Å². The predicted molar refractivity (Wildman–Crippen MR) is 64.4 cm³/mol. The van der Waals surface area contributed by atoms with Crippen molar-refractivity contribution in [2.45, 2.75) is 18.9 Å². The Morgan fingerprint density at radius 1 is 1.47 bits per heavy atom. The molecule has 0 amide bonds. The summed E-state index contributed by atoms with van der Waals surface area (Å²) in [6.07, 6.45) is 3.73.